The lowest BCUT2D eigenvalue weighted by Crippen LogP contribution is -2.46. The third-order valence-electron chi connectivity index (χ3n) is 3.00. The predicted molar refractivity (Wildman–Crippen MR) is 68.9 cm³/mol. The zero-order valence-electron chi connectivity index (χ0n) is 10.0. The lowest BCUT2D eigenvalue weighted by molar-refractivity contribution is -0.137. The van der Waals surface area contributed by atoms with Crippen LogP contribution < -0.4 is 0 Å². The van der Waals surface area contributed by atoms with Crippen molar-refractivity contribution in [2.24, 2.45) is 0 Å². The molecule has 0 radical (unpaired) electrons. The van der Waals surface area contributed by atoms with Gasteiger partial charge in [0.1, 0.15) is 5.75 Å². The SMILES string of the molecule is O=C(Cc1ccccc1O)N1CCOC(CCl)C1. The van der Waals surface area contributed by atoms with Crippen LogP contribution in [0.1, 0.15) is 5.56 Å². The molecule has 2 rings (SSSR count). The van der Waals surface area contributed by atoms with Crippen LogP contribution in [0.5, 0.6) is 5.75 Å². The summed E-state index contributed by atoms with van der Waals surface area (Å²) in [5, 5.41) is 9.64. The molecular formula is C13H16ClNO3. The smallest absolute Gasteiger partial charge is 0.227 e. The zero-order chi connectivity index (χ0) is 13.0. The number of amides is 1. The van der Waals surface area contributed by atoms with Crippen molar-refractivity contribution in [3.8, 4) is 5.75 Å². The number of para-hydroxylation sites is 1. The van der Waals surface area contributed by atoms with Gasteiger partial charge in [-0.15, -0.1) is 11.6 Å². The summed E-state index contributed by atoms with van der Waals surface area (Å²) in [6.45, 7) is 1.62. The normalized spacial score (nSPS) is 19.8. The number of hydrogen-bond donors (Lipinski definition) is 1. The quantitative estimate of drug-likeness (QED) is 0.844. The molecule has 1 saturated heterocycles. The van der Waals surface area contributed by atoms with Gasteiger partial charge in [0.15, 0.2) is 0 Å². The van der Waals surface area contributed by atoms with Gasteiger partial charge in [-0.3, -0.25) is 4.79 Å². The van der Waals surface area contributed by atoms with Crippen molar-refractivity contribution in [2.45, 2.75) is 12.5 Å². The average Bonchev–Trinajstić information content (AvgIpc) is 2.41. The van der Waals surface area contributed by atoms with E-state index < -0.39 is 0 Å². The van der Waals surface area contributed by atoms with E-state index in [0.717, 1.165) is 0 Å². The predicted octanol–water partition coefficient (Wildman–Crippen LogP) is 1.40. The van der Waals surface area contributed by atoms with Gasteiger partial charge >= 0.3 is 0 Å². The van der Waals surface area contributed by atoms with Crippen LogP contribution in [0.3, 0.4) is 0 Å². The van der Waals surface area contributed by atoms with Gasteiger partial charge in [0, 0.05) is 18.7 Å². The number of hydrogen-bond acceptors (Lipinski definition) is 3. The molecule has 18 heavy (non-hydrogen) atoms. The molecule has 1 aromatic rings. The van der Waals surface area contributed by atoms with Gasteiger partial charge in [-0.05, 0) is 6.07 Å². The number of alkyl halides is 1. The number of aromatic hydroxyl groups is 1. The van der Waals surface area contributed by atoms with E-state index in [9.17, 15) is 9.90 Å². The molecule has 1 unspecified atom stereocenters. The highest BCUT2D eigenvalue weighted by molar-refractivity contribution is 6.18. The zero-order valence-corrected chi connectivity index (χ0v) is 10.8. The third kappa shape index (κ3) is 3.15. The second kappa shape index (κ2) is 6.07. The standard InChI is InChI=1S/C13H16ClNO3/c14-8-11-9-15(5-6-18-11)13(17)7-10-3-1-2-4-12(10)16/h1-4,11,16H,5-9H2. The summed E-state index contributed by atoms with van der Waals surface area (Å²) >= 11 is 5.73. The number of carbonyl (C=O) groups excluding carboxylic acids is 1. The van der Waals surface area contributed by atoms with Gasteiger partial charge in [-0.1, -0.05) is 18.2 Å². The fourth-order valence-electron chi connectivity index (χ4n) is 1.97. The fourth-order valence-corrected chi connectivity index (χ4v) is 2.16. The molecule has 0 aromatic heterocycles. The number of carbonyl (C=O) groups is 1. The number of nitrogens with zero attached hydrogens (tertiary/aromatic N) is 1. The Balaban J connectivity index is 1.97. The highest BCUT2D eigenvalue weighted by Crippen LogP contribution is 2.17. The Morgan fingerprint density at radius 3 is 3.00 bits per heavy atom. The summed E-state index contributed by atoms with van der Waals surface area (Å²) in [6.07, 6.45) is 0.121. The first-order chi connectivity index (χ1) is 8.70. The summed E-state index contributed by atoms with van der Waals surface area (Å²) in [5.41, 5.74) is 0.649. The van der Waals surface area contributed by atoms with Crippen LogP contribution in [-0.4, -0.2) is 47.6 Å². The number of ether oxygens (including phenoxy) is 1. The second-order valence-corrected chi connectivity index (χ2v) is 4.60. The minimum absolute atomic E-state index is 0.00471. The maximum atomic E-state index is 12.1. The molecule has 1 aliphatic rings. The summed E-state index contributed by atoms with van der Waals surface area (Å²) in [5.74, 6) is 0.545. The summed E-state index contributed by atoms with van der Waals surface area (Å²) < 4.78 is 5.41. The van der Waals surface area contributed by atoms with Crippen molar-refractivity contribution in [1.82, 2.24) is 4.90 Å². The lowest BCUT2D eigenvalue weighted by Gasteiger charge is -2.32. The van der Waals surface area contributed by atoms with Crippen molar-refractivity contribution >= 4 is 17.5 Å². The first kappa shape index (κ1) is 13.2. The Morgan fingerprint density at radius 1 is 1.50 bits per heavy atom. The van der Waals surface area contributed by atoms with Gasteiger partial charge in [-0.25, -0.2) is 0 Å². The maximum Gasteiger partial charge on any atom is 0.227 e. The molecule has 5 heteroatoms. The minimum atomic E-state index is -0.0891. The van der Waals surface area contributed by atoms with E-state index in [0.29, 0.717) is 31.1 Å². The van der Waals surface area contributed by atoms with Crippen molar-refractivity contribution in [2.75, 3.05) is 25.6 Å². The molecule has 1 heterocycles. The summed E-state index contributed by atoms with van der Waals surface area (Å²) in [7, 11) is 0. The molecule has 1 amide bonds. The van der Waals surface area contributed by atoms with Crippen LogP contribution in [-0.2, 0) is 16.0 Å². The number of halogens is 1. The van der Waals surface area contributed by atoms with Gasteiger partial charge in [-0.2, -0.15) is 0 Å². The molecule has 4 nitrogen and oxygen atoms in total. The molecule has 0 spiro atoms. The molecule has 1 aliphatic heterocycles. The molecular weight excluding hydrogens is 254 g/mol. The van der Waals surface area contributed by atoms with E-state index in [-0.39, 0.29) is 24.2 Å². The molecule has 0 bridgehead atoms. The average molecular weight is 270 g/mol. The van der Waals surface area contributed by atoms with E-state index in [1.54, 1.807) is 23.1 Å². The highest BCUT2D eigenvalue weighted by Gasteiger charge is 2.23. The Bertz CT molecular complexity index is 424. The van der Waals surface area contributed by atoms with Crippen molar-refractivity contribution in [1.29, 1.82) is 0 Å². The second-order valence-electron chi connectivity index (χ2n) is 4.29. The van der Waals surface area contributed by atoms with Crippen LogP contribution in [0.25, 0.3) is 0 Å². The van der Waals surface area contributed by atoms with E-state index in [1.165, 1.54) is 0 Å². The van der Waals surface area contributed by atoms with E-state index >= 15 is 0 Å². The summed E-state index contributed by atoms with van der Waals surface area (Å²) in [4.78, 5) is 13.8. The van der Waals surface area contributed by atoms with Gasteiger partial charge in [0.2, 0.25) is 5.91 Å². The molecule has 1 atom stereocenters. The van der Waals surface area contributed by atoms with Crippen LogP contribution in [0.4, 0.5) is 0 Å². The molecule has 98 valence electrons. The monoisotopic (exact) mass is 269 g/mol. The van der Waals surface area contributed by atoms with Gasteiger partial charge in [0.05, 0.1) is 25.0 Å². The lowest BCUT2D eigenvalue weighted by atomic mass is 10.1. The largest absolute Gasteiger partial charge is 0.508 e. The van der Waals surface area contributed by atoms with E-state index in [4.69, 9.17) is 16.3 Å². The third-order valence-corrected chi connectivity index (χ3v) is 3.34. The molecule has 1 aromatic carbocycles. The van der Waals surface area contributed by atoms with Crippen LogP contribution in [0.2, 0.25) is 0 Å². The molecule has 0 aliphatic carbocycles. The molecule has 1 fully saturated rings. The Hall–Kier alpha value is -1.26. The number of phenols is 1. The molecule has 0 saturated carbocycles. The van der Waals surface area contributed by atoms with Crippen molar-refractivity contribution in [3.63, 3.8) is 0 Å². The van der Waals surface area contributed by atoms with Gasteiger partial charge in [0.25, 0.3) is 0 Å². The van der Waals surface area contributed by atoms with Crippen molar-refractivity contribution in [3.05, 3.63) is 29.8 Å². The number of morpholine rings is 1. The van der Waals surface area contributed by atoms with Crippen LogP contribution in [0.15, 0.2) is 24.3 Å². The van der Waals surface area contributed by atoms with Crippen LogP contribution >= 0.6 is 11.6 Å². The first-order valence-corrected chi connectivity index (χ1v) is 6.46. The Kier molecular flexibility index (Phi) is 4.44. The number of benzene rings is 1. The molecule has 1 N–H and O–H groups in total. The maximum absolute atomic E-state index is 12.1. The van der Waals surface area contributed by atoms with E-state index in [2.05, 4.69) is 0 Å². The summed E-state index contributed by atoms with van der Waals surface area (Å²) in [6, 6.07) is 6.89. The number of rotatable bonds is 3. The highest BCUT2D eigenvalue weighted by atomic mass is 35.5. The Morgan fingerprint density at radius 2 is 2.28 bits per heavy atom. The number of phenolic OH excluding ortho intramolecular Hbond substituents is 1. The Labute approximate surface area is 111 Å². The van der Waals surface area contributed by atoms with Gasteiger partial charge < -0.3 is 14.7 Å². The van der Waals surface area contributed by atoms with E-state index in [1.807, 2.05) is 6.07 Å². The van der Waals surface area contributed by atoms with Crippen molar-refractivity contribution < 1.29 is 14.6 Å². The fraction of sp³-hybridized carbons (Fsp3) is 0.462. The topological polar surface area (TPSA) is 49.8 Å². The minimum Gasteiger partial charge on any atom is -0.508 e. The van der Waals surface area contributed by atoms with Crippen LogP contribution in [0, 0.1) is 0 Å². The first-order valence-electron chi connectivity index (χ1n) is 5.93.